The summed E-state index contributed by atoms with van der Waals surface area (Å²) in [6.45, 7) is 50.5. The molecule has 82 heavy (non-hydrogen) atoms. The largest absolute Gasteiger partial charge is 0.480 e. The van der Waals surface area contributed by atoms with Crippen molar-refractivity contribution >= 4 is 68.7 Å². The van der Waals surface area contributed by atoms with Gasteiger partial charge in [0.25, 0.3) is 0 Å². The zero-order chi connectivity index (χ0) is 65.4. The molecule has 0 aromatic carbocycles. The summed E-state index contributed by atoms with van der Waals surface area (Å²) in [6, 6.07) is -2.80. The molecule has 0 aliphatic rings. The summed E-state index contributed by atoms with van der Waals surface area (Å²) < 4.78 is 30.4. The van der Waals surface area contributed by atoms with Crippen LogP contribution >= 0.6 is 12.4 Å². The fourth-order valence-corrected chi connectivity index (χ4v) is 6.23. The standard InChI is InChI=1S/C21H38N2O5.C16H30N2O3.C11H21NO4.C11H21NO2.BH.ClH.U/c1-11-27-18(25)14(4)12-15(13(2)3)22-17(24)16(20(5,6)7)23-19(26)28-21(8,9)10;1-8-21-15(20)11(4)9-12(10(2)3)18-14(19)13(17)16(5,6)7;1-10(2,3)7(8(13)14)12-9(15)16-11(4,5)6;1-6-14-11(13)9(4)7-10(12-5)8(2)3;;;/h12-13,15-16H,11H2,1-10H3,(H,22,24)(H,23,26);9-10,12-13H,8,17H2,1-7H3,(H,18,19);7H,1-6H3,(H,12,15)(H,13,14);7-8,10,12H,6H2,1-5H3;2*1H;/b14-12+;11-9+;;9-7+;;;/t15-,16-;12-,13-;7-;10-;;;/m1111.../s1/i;;;;1T;;. The average Bonchev–Trinajstić information content (AvgIpc) is 3.29. The van der Waals surface area contributed by atoms with Crippen LogP contribution in [0.2, 0.25) is 0 Å². The van der Waals surface area contributed by atoms with Crippen LogP contribution < -0.4 is 32.3 Å². The Balaban J connectivity index is -0.000000188. The van der Waals surface area contributed by atoms with Crippen molar-refractivity contribution in [2.24, 2.45) is 39.7 Å². The van der Waals surface area contributed by atoms with Gasteiger partial charge in [0.05, 0.1) is 37.9 Å². The maximum atomic E-state index is 13.0. The van der Waals surface area contributed by atoms with Crippen molar-refractivity contribution in [1.29, 1.82) is 1.34 Å². The Morgan fingerprint density at radius 1 is 0.500 bits per heavy atom. The monoisotopic (exact) mass is 1410 g/mol. The molecule has 0 saturated heterocycles. The molecule has 20 nitrogen and oxygen atoms in total. The number of carboxylic acids is 1. The van der Waals surface area contributed by atoms with Crippen molar-refractivity contribution in [2.45, 2.75) is 234 Å². The van der Waals surface area contributed by atoms with Crippen LogP contribution in [0.25, 0.3) is 0 Å². The number of carbonyl (C=O) groups is 8. The normalized spacial score (nSPS) is 14.3. The van der Waals surface area contributed by atoms with Gasteiger partial charge in [-0.15, -0.1) is 12.4 Å². The van der Waals surface area contributed by atoms with Gasteiger partial charge in [0.15, 0.2) is 0 Å². The minimum absolute atomic E-state index is 0. The van der Waals surface area contributed by atoms with E-state index in [-0.39, 0.29) is 109 Å². The molecule has 0 spiro atoms. The summed E-state index contributed by atoms with van der Waals surface area (Å²) in [5.74, 6) is -1.99. The zero-order valence-electron chi connectivity index (χ0n) is 56.4. The first-order valence-electron chi connectivity index (χ1n) is 27.9. The van der Waals surface area contributed by atoms with Crippen molar-refractivity contribution in [3.63, 3.8) is 0 Å². The number of ether oxygens (including phenoxy) is 5. The molecule has 2 radical (unpaired) electrons. The summed E-state index contributed by atoms with van der Waals surface area (Å²) in [4.78, 5) is 94.6. The predicted octanol–water partition coefficient (Wildman–Crippen LogP) is 9.11. The summed E-state index contributed by atoms with van der Waals surface area (Å²) in [7, 11) is 5.64. The molecule has 0 unspecified atom stereocenters. The number of likely N-dealkylation sites (N-methyl/N-ethyl adjacent to an activating group) is 1. The summed E-state index contributed by atoms with van der Waals surface area (Å²) >= 11 is 0. The van der Waals surface area contributed by atoms with Crippen molar-refractivity contribution in [2.75, 3.05) is 26.9 Å². The van der Waals surface area contributed by atoms with Crippen molar-refractivity contribution < 1.29 is 98.3 Å². The Kier molecular flexibility index (Phi) is 46.4. The van der Waals surface area contributed by atoms with Gasteiger partial charge in [-0.2, -0.15) is 0 Å². The second-order valence-electron chi connectivity index (χ2n) is 25.4. The Labute approximate surface area is 527 Å². The molecule has 0 bridgehead atoms. The topological polar surface area (TPSA) is 289 Å². The zero-order valence-corrected chi connectivity index (χ0v) is 60.3. The third-order valence-electron chi connectivity index (χ3n) is 11.0. The third-order valence-corrected chi connectivity index (χ3v) is 11.0. The number of nitrogens with one attached hydrogen (secondary N) is 5. The SMILES string of the molecule is CC(C)(C)OC(=O)N[C@H](C(=O)O)C(C)(C)C.CCOC(=O)/C(C)=C/[C@@H](NC(=O)[C@@H](N)C(C)(C)C)C(C)C.CCOC(=O)/C(C)=C/[C@@H](NC(=O)[C@@H](NC(=O)OC(C)(C)C)C(C)(C)C)C(C)C.CCOC(=O)/C(C)=C/[C@@H](NC)C(C)C.Cl.[3H][B].[U]. The van der Waals surface area contributed by atoms with E-state index in [0.29, 0.717) is 35.9 Å². The molecular formula is C59H112BClN6O14U. The molecule has 23 heteroatoms. The van der Waals surface area contributed by atoms with E-state index in [4.69, 9.17) is 35.9 Å². The second-order valence-corrected chi connectivity index (χ2v) is 25.4. The van der Waals surface area contributed by atoms with Gasteiger partial charge in [0, 0.05) is 62.3 Å². The third kappa shape index (κ3) is 43.5. The number of carbonyl (C=O) groups excluding carboxylic acids is 7. The van der Waals surface area contributed by atoms with Gasteiger partial charge in [-0.3, -0.25) is 9.59 Å². The number of rotatable bonds is 20. The quantitative estimate of drug-likeness (QED) is 0.0259. The van der Waals surface area contributed by atoms with E-state index in [1.54, 1.807) is 109 Å². The second kappa shape index (κ2) is 42.7. The first-order chi connectivity index (χ1) is 36.5. The van der Waals surface area contributed by atoms with E-state index < -0.39 is 64.3 Å². The molecule has 0 aliphatic heterocycles. The Bertz CT molecular complexity index is 2040. The van der Waals surface area contributed by atoms with Crippen molar-refractivity contribution in [3.8, 4) is 0 Å². The van der Waals surface area contributed by atoms with Crippen LogP contribution in [0, 0.1) is 65.1 Å². The van der Waals surface area contributed by atoms with Gasteiger partial charge in [-0.05, 0) is 125 Å². The molecule has 0 heterocycles. The molecule has 0 saturated carbocycles. The van der Waals surface area contributed by atoms with Gasteiger partial charge in [0.1, 0.15) is 23.3 Å². The number of carboxylic acid groups (broad SMARTS) is 1. The summed E-state index contributed by atoms with van der Waals surface area (Å²) in [5, 5.41) is 23.0. The van der Waals surface area contributed by atoms with Crippen LogP contribution in [0.4, 0.5) is 9.59 Å². The van der Waals surface area contributed by atoms with Crippen LogP contribution in [0.3, 0.4) is 0 Å². The predicted molar refractivity (Wildman–Crippen MR) is 327 cm³/mol. The summed E-state index contributed by atoms with van der Waals surface area (Å²) in [5.41, 5.74) is 4.82. The average molecular weight is 1420 g/mol. The Morgan fingerprint density at radius 3 is 0.988 bits per heavy atom. The molecule has 0 aromatic rings. The first kappa shape index (κ1) is 89.1. The van der Waals surface area contributed by atoms with Gasteiger partial charge in [-0.25, -0.2) is 28.8 Å². The van der Waals surface area contributed by atoms with E-state index in [1.807, 2.05) is 89.3 Å². The van der Waals surface area contributed by atoms with Crippen LogP contribution in [-0.4, -0.2) is 137 Å². The molecular weight excluding hydrogens is 1300 g/mol. The number of hydrogen-bond acceptors (Lipinski definition) is 15. The molecule has 0 rings (SSSR count). The van der Waals surface area contributed by atoms with Crippen LogP contribution in [0.5, 0.6) is 0 Å². The Morgan fingerprint density at radius 2 is 0.768 bits per heavy atom. The van der Waals surface area contributed by atoms with E-state index in [0.717, 1.165) is 0 Å². The van der Waals surface area contributed by atoms with Gasteiger partial charge < -0.3 is 61.1 Å². The minimum Gasteiger partial charge on any atom is -0.480 e. The number of halogens is 1. The molecule has 0 aromatic heterocycles. The number of amides is 4. The van der Waals surface area contributed by atoms with Crippen LogP contribution in [-0.2, 0) is 52.5 Å². The molecule has 476 valence electrons. The minimum atomic E-state index is -1.07. The van der Waals surface area contributed by atoms with Gasteiger partial charge in [0.2, 0.25) is 11.8 Å². The van der Waals surface area contributed by atoms with Crippen LogP contribution in [0.15, 0.2) is 34.9 Å². The molecule has 0 aliphatic carbocycles. The number of aliphatic carboxylic acids is 1. The molecule has 0 fully saturated rings. The number of nitrogens with two attached hydrogens (primary N) is 1. The Hall–Kier alpha value is -4.09. The molecule has 8 N–H and O–H groups in total. The van der Waals surface area contributed by atoms with E-state index in [2.05, 4.69) is 48.8 Å². The van der Waals surface area contributed by atoms with Gasteiger partial charge >= 0.3 is 36.1 Å². The number of alkyl carbamates (subject to hydrolysis) is 2. The first-order valence-corrected chi connectivity index (χ1v) is 27.4. The number of hydrogen-bond donors (Lipinski definition) is 7. The smallest absolute Gasteiger partial charge is 0.408 e. The fourth-order valence-electron chi connectivity index (χ4n) is 6.23. The maximum absolute atomic E-state index is 13.0. The van der Waals surface area contributed by atoms with Crippen molar-refractivity contribution in [3.05, 3.63) is 34.9 Å². The van der Waals surface area contributed by atoms with Gasteiger partial charge in [-0.1, -0.05) is 122 Å². The molecule has 6 atom stereocenters. The summed E-state index contributed by atoms with van der Waals surface area (Å²) in [6.07, 6.45) is 3.98. The van der Waals surface area contributed by atoms with Crippen molar-refractivity contribution in [1.82, 2.24) is 26.6 Å². The fraction of sp³-hybridized carbons (Fsp3) is 0.763. The van der Waals surface area contributed by atoms with Crippen LogP contribution in [0.1, 0.15) is 187 Å². The maximum Gasteiger partial charge on any atom is 0.408 e. The van der Waals surface area contributed by atoms with E-state index in [1.165, 1.54) is 0 Å². The van der Waals surface area contributed by atoms with E-state index in [9.17, 15) is 38.4 Å². The molecule has 4 amide bonds. The van der Waals surface area contributed by atoms with E-state index >= 15 is 0 Å². The number of esters is 3.